The minimum Gasteiger partial charge on any atom is -0.455 e. The maximum atomic E-state index is 13.2. The molecule has 6 heteroatoms. The number of carbonyl (C=O) groups is 3. The molecule has 2 aromatic carbocycles. The molecule has 1 unspecified atom stereocenters. The lowest BCUT2D eigenvalue weighted by Crippen LogP contribution is -2.34. The van der Waals surface area contributed by atoms with Crippen LogP contribution in [-0.2, 0) is 44.8 Å². The summed E-state index contributed by atoms with van der Waals surface area (Å²) in [4.78, 5) is 38.2. The van der Waals surface area contributed by atoms with E-state index in [0.717, 1.165) is 71.1 Å². The zero-order chi connectivity index (χ0) is 34.4. The van der Waals surface area contributed by atoms with E-state index in [4.69, 9.17) is 10.3 Å². The molecular formula is C40H52N2O4. The normalized spacial score (nSPS) is 15.7. The summed E-state index contributed by atoms with van der Waals surface area (Å²) in [6.45, 7) is 23.8. The average Bonchev–Trinajstić information content (AvgIpc) is 2.98. The van der Waals surface area contributed by atoms with Crippen LogP contribution in [0.1, 0.15) is 128 Å². The second-order valence-electron chi connectivity index (χ2n) is 14.1. The molecule has 1 N–H and O–H groups in total. The summed E-state index contributed by atoms with van der Waals surface area (Å²) in [7, 11) is 0. The highest BCUT2D eigenvalue weighted by molar-refractivity contribution is 6.09. The fraction of sp³-hybridized carbons (Fsp3) is 0.525. The average molecular weight is 625 g/mol. The molecule has 0 aliphatic heterocycles. The van der Waals surface area contributed by atoms with Crippen LogP contribution in [-0.4, -0.2) is 29.2 Å². The molecule has 0 aromatic heterocycles. The van der Waals surface area contributed by atoms with Crippen LogP contribution in [0.3, 0.4) is 0 Å². The Morgan fingerprint density at radius 3 is 1.67 bits per heavy atom. The number of hydrogen-bond donors (Lipinski definition) is 1. The van der Waals surface area contributed by atoms with Gasteiger partial charge in [-0.15, -0.1) is 0 Å². The van der Waals surface area contributed by atoms with Crippen molar-refractivity contribution in [3.05, 3.63) is 77.9 Å². The Hall–Kier alpha value is -3.67. The van der Waals surface area contributed by atoms with Crippen molar-refractivity contribution in [1.82, 2.24) is 0 Å². The summed E-state index contributed by atoms with van der Waals surface area (Å²) in [6.07, 6.45) is 5.88. The van der Waals surface area contributed by atoms with Gasteiger partial charge < -0.3 is 4.74 Å². The molecule has 0 fully saturated rings. The lowest BCUT2D eigenvalue weighted by Gasteiger charge is -2.36. The van der Waals surface area contributed by atoms with E-state index < -0.39 is 5.60 Å². The Balaban J connectivity index is 1.56. The molecule has 46 heavy (non-hydrogen) atoms. The van der Waals surface area contributed by atoms with Gasteiger partial charge in [-0.3, -0.25) is 14.4 Å². The number of ether oxygens (including phenoxy) is 1. The van der Waals surface area contributed by atoms with Gasteiger partial charge in [0.1, 0.15) is 5.60 Å². The highest BCUT2D eigenvalue weighted by Gasteiger charge is 2.38. The molecule has 0 saturated heterocycles. The van der Waals surface area contributed by atoms with Gasteiger partial charge in [-0.25, -0.2) is 5.53 Å². The van der Waals surface area contributed by atoms with Gasteiger partial charge in [0.25, 0.3) is 0 Å². The number of allylic oxidation sites excluding steroid dienone is 2. The monoisotopic (exact) mass is 624 g/mol. The maximum Gasteiger partial charge on any atom is 0.303 e. The molecule has 0 bridgehead atoms. The Morgan fingerprint density at radius 2 is 1.20 bits per heavy atom. The summed E-state index contributed by atoms with van der Waals surface area (Å²) in [6, 6.07) is -0.337. The number of Topliss-reactive ketones (excluding diaryl/α,β-unsaturated/α-hetero) is 2. The van der Waals surface area contributed by atoms with E-state index in [0.29, 0.717) is 18.4 Å². The van der Waals surface area contributed by atoms with Gasteiger partial charge in [-0.05, 0) is 180 Å². The maximum absolute atomic E-state index is 13.2. The molecule has 0 saturated carbocycles. The van der Waals surface area contributed by atoms with Gasteiger partial charge in [0, 0.05) is 30.9 Å². The smallest absolute Gasteiger partial charge is 0.303 e. The largest absolute Gasteiger partial charge is 0.455 e. The number of ketones is 2. The Morgan fingerprint density at radius 1 is 0.739 bits per heavy atom. The van der Waals surface area contributed by atoms with Gasteiger partial charge >= 0.3 is 5.97 Å². The van der Waals surface area contributed by atoms with Gasteiger partial charge in [-0.1, -0.05) is 6.42 Å². The van der Waals surface area contributed by atoms with Gasteiger partial charge in [0.05, 0.1) is 6.04 Å². The Bertz CT molecular complexity index is 1730. The quantitative estimate of drug-likeness (QED) is 0.162. The van der Waals surface area contributed by atoms with Crippen molar-refractivity contribution in [2.75, 3.05) is 0 Å². The molecule has 2 aliphatic carbocycles. The minimum absolute atomic E-state index is 0.0918. The van der Waals surface area contributed by atoms with Crippen molar-refractivity contribution in [3.8, 4) is 0 Å². The third kappa shape index (κ3) is 6.08. The van der Waals surface area contributed by atoms with E-state index in [1.807, 2.05) is 34.6 Å². The van der Waals surface area contributed by atoms with Gasteiger partial charge in [-0.2, -0.15) is 5.11 Å². The zero-order valence-corrected chi connectivity index (χ0v) is 30.1. The second-order valence-corrected chi connectivity index (χ2v) is 14.1. The molecule has 1 atom stereocenters. The fourth-order valence-corrected chi connectivity index (χ4v) is 8.26. The first kappa shape index (κ1) is 35.2. The summed E-state index contributed by atoms with van der Waals surface area (Å²) in [5.41, 5.74) is 24.3. The molecule has 6 nitrogen and oxygen atoms in total. The van der Waals surface area contributed by atoms with Crippen LogP contribution in [0.25, 0.3) is 11.1 Å². The number of unbranched alkanes of at least 4 members (excludes halogenated alkanes) is 2. The van der Waals surface area contributed by atoms with Crippen LogP contribution >= 0.6 is 0 Å². The predicted octanol–water partition coefficient (Wildman–Crippen LogP) is 9.05. The third-order valence-electron chi connectivity index (χ3n) is 11.0. The molecule has 2 aromatic rings. The molecule has 0 amide bonds. The van der Waals surface area contributed by atoms with Gasteiger partial charge in [0.15, 0.2) is 11.6 Å². The topological polar surface area (TPSA) is 96.7 Å². The van der Waals surface area contributed by atoms with E-state index in [-0.39, 0.29) is 23.6 Å². The Kier molecular flexibility index (Phi) is 10.1. The van der Waals surface area contributed by atoms with E-state index in [2.05, 4.69) is 46.7 Å². The number of nitrogens with one attached hydrogen (secondary N) is 1. The Labute approximate surface area is 275 Å². The van der Waals surface area contributed by atoms with E-state index in [1.54, 1.807) is 0 Å². The van der Waals surface area contributed by atoms with Crippen molar-refractivity contribution >= 4 is 28.7 Å². The number of fused-ring (bicyclic) bond motifs is 2. The van der Waals surface area contributed by atoms with Crippen molar-refractivity contribution < 1.29 is 19.1 Å². The number of esters is 1. The number of hydrogen-bond acceptors (Lipinski definition) is 6. The predicted molar refractivity (Wildman–Crippen MR) is 186 cm³/mol. The van der Waals surface area contributed by atoms with E-state index in [1.165, 1.54) is 51.4 Å². The van der Waals surface area contributed by atoms with E-state index in [9.17, 15) is 14.4 Å². The molecule has 0 spiro atoms. The molecule has 0 radical (unpaired) electrons. The minimum atomic E-state index is -0.906. The molecule has 246 valence electrons. The van der Waals surface area contributed by atoms with Crippen LogP contribution in [0.4, 0.5) is 0 Å². The summed E-state index contributed by atoms with van der Waals surface area (Å²) < 4.78 is 5.75. The van der Waals surface area contributed by atoms with Crippen molar-refractivity contribution in [2.24, 2.45) is 5.11 Å². The first-order chi connectivity index (χ1) is 21.5. The summed E-state index contributed by atoms with van der Waals surface area (Å²) in [5.74, 6) is -0.131. The molecular weight excluding hydrogens is 572 g/mol. The lowest BCUT2D eigenvalue weighted by atomic mass is 9.72. The van der Waals surface area contributed by atoms with E-state index >= 15 is 0 Å². The molecule has 2 aliphatic rings. The number of rotatable bonds is 10. The fourth-order valence-electron chi connectivity index (χ4n) is 8.26. The first-order valence-electron chi connectivity index (χ1n) is 16.7. The van der Waals surface area contributed by atoms with Crippen molar-refractivity contribution in [1.29, 1.82) is 5.53 Å². The molecule has 4 rings (SSSR count). The third-order valence-corrected chi connectivity index (χ3v) is 11.0. The SMILES string of the molecule is CC(=O)OC(C)(C)C1=C(C)C(=O)Cc2c(C)c(CCCCCc3c(C)c(C)c4c(c3C)CC(=O)C(C)=C4C(C)N=N)c(C)c(C)c21. The standard InChI is InChI=1S/C40H52N2O4/c1-20-22(3)37-32(18-34(44)26(7)36(37)28(9)42-41)24(5)30(20)16-14-13-15-17-31-21(2)23(4)38-33(25(31)6)19-35(45)27(8)39(38)40(11,12)46-29(10)43/h28,41H,13-19H2,1-12H3. The molecule has 0 heterocycles. The van der Waals surface area contributed by atoms with Crippen LogP contribution in [0, 0.1) is 47.1 Å². The number of carbonyl (C=O) groups excluding carboxylic acids is 3. The highest BCUT2D eigenvalue weighted by atomic mass is 16.6. The summed E-state index contributed by atoms with van der Waals surface area (Å²) in [5, 5.41) is 3.79. The van der Waals surface area contributed by atoms with Crippen LogP contribution in [0.2, 0.25) is 0 Å². The lowest BCUT2D eigenvalue weighted by molar-refractivity contribution is -0.149. The van der Waals surface area contributed by atoms with Crippen molar-refractivity contribution in [3.63, 3.8) is 0 Å². The van der Waals surface area contributed by atoms with Crippen molar-refractivity contribution in [2.45, 2.75) is 140 Å². The van der Waals surface area contributed by atoms with Crippen LogP contribution in [0.5, 0.6) is 0 Å². The second kappa shape index (κ2) is 13.2. The van der Waals surface area contributed by atoms with Crippen LogP contribution in [0.15, 0.2) is 16.3 Å². The zero-order valence-electron chi connectivity index (χ0n) is 30.1. The summed E-state index contributed by atoms with van der Waals surface area (Å²) >= 11 is 0. The number of nitrogens with zero attached hydrogens (tertiary/aromatic N) is 1. The van der Waals surface area contributed by atoms with Gasteiger partial charge in [0.2, 0.25) is 0 Å². The number of benzene rings is 2. The van der Waals surface area contributed by atoms with Crippen LogP contribution < -0.4 is 0 Å². The first-order valence-corrected chi connectivity index (χ1v) is 16.7. The highest BCUT2D eigenvalue weighted by Crippen LogP contribution is 2.44.